The van der Waals surface area contributed by atoms with E-state index >= 15 is 0 Å². The van der Waals surface area contributed by atoms with E-state index in [1.54, 1.807) is 6.92 Å². The van der Waals surface area contributed by atoms with Crippen LogP contribution >= 0.6 is 0 Å². The second kappa shape index (κ2) is 5.36. The number of hydrogen-bond acceptors (Lipinski definition) is 4. The number of esters is 1. The molecule has 0 aromatic rings. The van der Waals surface area contributed by atoms with Crippen LogP contribution in [0.5, 0.6) is 0 Å². The van der Waals surface area contributed by atoms with Gasteiger partial charge < -0.3 is 21.5 Å². The molecule has 0 aliphatic rings. The van der Waals surface area contributed by atoms with Crippen molar-refractivity contribution in [2.24, 2.45) is 11.5 Å². The standard InChI is InChI=1S/C6H13N3O3/c1-2-12-5(10)4(7)3-9-6(8)11/h4H,2-3,7H2,1H3,(H3,8,9,11)/t4-/m0/s1. The molecule has 6 nitrogen and oxygen atoms in total. The minimum absolute atomic E-state index is 0.00579. The third-order valence-corrected chi connectivity index (χ3v) is 1.09. The Kier molecular flexibility index (Phi) is 4.78. The van der Waals surface area contributed by atoms with Gasteiger partial charge in [-0.2, -0.15) is 0 Å². The summed E-state index contributed by atoms with van der Waals surface area (Å²) in [6, 6.07) is -1.56. The molecule has 0 saturated carbocycles. The monoisotopic (exact) mass is 175 g/mol. The predicted molar refractivity (Wildman–Crippen MR) is 42.2 cm³/mol. The Morgan fingerprint density at radius 1 is 1.58 bits per heavy atom. The molecule has 2 amide bonds. The summed E-state index contributed by atoms with van der Waals surface area (Å²) in [6.45, 7) is 1.93. The lowest BCUT2D eigenvalue weighted by atomic mass is 10.3. The van der Waals surface area contributed by atoms with Gasteiger partial charge in [0.05, 0.1) is 6.61 Å². The smallest absolute Gasteiger partial charge is 0.324 e. The molecule has 0 aliphatic carbocycles. The second-order valence-electron chi connectivity index (χ2n) is 2.10. The number of carbonyl (C=O) groups is 2. The van der Waals surface area contributed by atoms with E-state index in [1.807, 2.05) is 0 Å². The van der Waals surface area contributed by atoms with E-state index in [0.717, 1.165) is 0 Å². The van der Waals surface area contributed by atoms with Crippen molar-refractivity contribution in [3.63, 3.8) is 0 Å². The topological polar surface area (TPSA) is 107 Å². The van der Waals surface area contributed by atoms with Crippen molar-refractivity contribution in [2.75, 3.05) is 13.2 Å². The van der Waals surface area contributed by atoms with Crippen LogP contribution in [0.4, 0.5) is 4.79 Å². The fourth-order valence-electron chi connectivity index (χ4n) is 0.543. The van der Waals surface area contributed by atoms with Gasteiger partial charge in [-0.3, -0.25) is 4.79 Å². The largest absolute Gasteiger partial charge is 0.465 e. The van der Waals surface area contributed by atoms with Crippen molar-refractivity contribution in [1.82, 2.24) is 5.32 Å². The fourth-order valence-corrected chi connectivity index (χ4v) is 0.543. The zero-order chi connectivity index (χ0) is 9.56. The van der Waals surface area contributed by atoms with Gasteiger partial charge in [0.25, 0.3) is 0 Å². The van der Waals surface area contributed by atoms with Gasteiger partial charge >= 0.3 is 12.0 Å². The lowest BCUT2D eigenvalue weighted by molar-refractivity contribution is -0.144. The third kappa shape index (κ3) is 4.51. The molecular formula is C6H13N3O3. The highest BCUT2D eigenvalue weighted by Crippen LogP contribution is 1.83. The quantitative estimate of drug-likeness (QED) is 0.454. The van der Waals surface area contributed by atoms with Crippen molar-refractivity contribution < 1.29 is 14.3 Å². The zero-order valence-corrected chi connectivity index (χ0v) is 6.87. The van der Waals surface area contributed by atoms with Crippen molar-refractivity contribution in [2.45, 2.75) is 13.0 Å². The number of amides is 2. The number of urea groups is 1. The minimum Gasteiger partial charge on any atom is -0.465 e. The molecule has 12 heavy (non-hydrogen) atoms. The molecular weight excluding hydrogens is 162 g/mol. The fraction of sp³-hybridized carbons (Fsp3) is 0.667. The molecule has 1 atom stereocenters. The Hall–Kier alpha value is -1.30. The van der Waals surface area contributed by atoms with Crippen LogP contribution in [0.3, 0.4) is 0 Å². The third-order valence-electron chi connectivity index (χ3n) is 1.09. The van der Waals surface area contributed by atoms with E-state index < -0.39 is 18.0 Å². The molecule has 70 valence electrons. The summed E-state index contributed by atoms with van der Waals surface area (Å²) < 4.78 is 4.58. The summed E-state index contributed by atoms with van der Waals surface area (Å²) in [5, 5.41) is 2.20. The first-order chi connectivity index (χ1) is 5.57. The first-order valence-corrected chi connectivity index (χ1v) is 3.53. The molecule has 0 bridgehead atoms. The van der Waals surface area contributed by atoms with Crippen LogP contribution in [0.2, 0.25) is 0 Å². The van der Waals surface area contributed by atoms with Crippen molar-refractivity contribution in [3.8, 4) is 0 Å². The summed E-state index contributed by atoms with van der Waals surface area (Å²) in [6.07, 6.45) is 0. The number of primary amides is 1. The highest BCUT2D eigenvalue weighted by molar-refractivity contribution is 5.77. The highest BCUT2D eigenvalue weighted by atomic mass is 16.5. The van der Waals surface area contributed by atoms with E-state index in [9.17, 15) is 9.59 Å². The number of ether oxygens (including phenoxy) is 1. The lowest BCUT2D eigenvalue weighted by Crippen LogP contribution is -2.45. The molecule has 0 radical (unpaired) electrons. The van der Waals surface area contributed by atoms with E-state index in [1.165, 1.54) is 0 Å². The summed E-state index contributed by atoms with van der Waals surface area (Å²) in [7, 11) is 0. The van der Waals surface area contributed by atoms with Gasteiger partial charge in [-0.25, -0.2) is 4.79 Å². The van der Waals surface area contributed by atoms with E-state index in [4.69, 9.17) is 11.5 Å². The number of nitrogens with two attached hydrogens (primary N) is 2. The first kappa shape index (κ1) is 10.7. The normalized spacial score (nSPS) is 11.8. The van der Waals surface area contributed by atoms with E-state index in [0.29, 0.717) is 0 Å². The molecule has 0 aliphatic heterocycles. The summed E-state index contributed by atoms with van der Waals surface area (Å²) >= 11 is 0. The molecule has 0 aromatic heterocycles. The van der Waals surface area contributed by atoms with E-state index in [2.05, 4.69) is 10.1 Å². The summed E-state index contributed by atoms with van der Waals surface area (Å²) in [4.78, 5) is 21.0. The number of rotatable bonds is 4. The number of hydrogen-bond donors (Lipinski definition) is 3. The van der Waals surface area contributed by atoms with E-state index in [-0.39, 0.29) is 13.2 Å². The van der Waals surface area contributed by atoms with Crippen LogP contribution in [0.1, 0.15) is 6.92 Å². The maximum Gasteiger partial charge on any atom is 0.324 e. The number of nitrogens with one attached hydrogen (secondary N) is 1. The molecule has 0 aromatic carbocycles. The predicted octanol–water partition coefficient (Wildman–Crippen LogP) is -1.45. The average molecular weight is 175 g/mol. The SMILES string of the molecule is CCOC(=O)[C@@H](N)CNC(N)=O. The minimum atomic E-state index is -0.850. The van der Waals surface area contributed by atoms with Gasteiger partial charge in [0.1, 0.15) is 6.04 Å². The van der Waals surface area contributed by atoms with Crippen LogP contribution in [-0.4, -0.2) is 31.2 Å². The van der Waals surface area contributed by atoms with Crippen LogP contribution in [0, 0.1) is 0 Å². The van der Waals surface area contributed by atoms with Crippen LogP contribution in [0.15, 0.2) is 0 Å². The van der Waals surface area contributed by atoms with Crippen molar-refractivity contribution in [3.05, 3.63) is 0 Å². The van der Waals surface area contributed by atoms with Crippen LogP contribution in [0.25, 0.3) is 0 Å². The molecule has 0 unspecified atom stereocenters. The molecule has 0 heterocycles. The summed E-state index contributed by atoms with van der Waals surface area (Å²) in [5.41, 5.74) is 10.1. The Balaban J connectivity index is 3.63. The molecule has 0 fully saturated rings. The molecule has 6 heteroatoms. The summed E-state index contributed by atoms with van der Waals surface area (Å²) in [5.74, 6) is -0.550. The highest BCUT2D eigenvalue weighted by Gasteiger charge is 2.14. The van der Waals surface area contributed by atoms with Gasteiger partial charge in [-0.1, -0.05) is 0 Å². The maximum absolute atomic E-state index is 10.8. The molecule has 5 N–H and O–H groups in total. The molecule has 0 spiro atoms. The van der Waals surface area contributed by atoms with Crippen molar-refractivity contribution >= 4 is 12.0 Å². The Labute approximate surface area is 70.2 Å². The van der Waals surface area contributed by atoms with Crippen LogP contribution in [-0.2, 0) is 9.53 Å². The van der Waals surface area contributed by atoms with Gasteiger partial charge in [0, 0.05) is 6.54 Å². The van der Waals surface area contributed by atoms with Gasteiger partial charge in [0.15, 0.2) is 0 Å². The van der Waals surface area contributed by atoms with Gasteiger partial charge in [0.2, 0.25) is 0 Å². The van der Waals surface area contributed by atoms with Crippen LogP contribution < -0.4 is 16.8 Å². The van der Waals surface area contributed by atoms with Gasteiger partial charge in [-0.15, -0.1) is 0 Å². The second-order valence-corrected chi connectivity index (χ2v) is 2.10. The molecule has 0 saturated heterocycles. The first-order valence-electron chi connectivity index (χ1n) is 3.53. The molecule has 0 rings (SSSR count). The lowest BCUT2D eigenvalue weighted by Gasteiger charge is -2.09. The Morgan fingerprint density at radius 2 is 2.17 bits per heavy atom. The Morgan fingerprint density at radius 3 is 2.58 bits per heavy atom. The van der Waals surface area contributed by atoms with Gasteiger partial charge in [-0.05, 0) is 6.92 Å². The van der Waals surface area contributed by atoms with Crippen molar-refractivity contribution in [1.29, 1.82) is 0 Å². The average Bonchev–Trinajstić information content (AvgIpc) is 2.00. The number of carbonyl (C=O) groups excluding carboxylic acids is 2. The maximum atomic E-state index is 10.8. The zero-order valence-electron chi connectivity index (χ0n) is 6.87. The Bertz CT molecular complexity index is 171.